The molecule has 0 spiro atoms. The third-order valence-corrected chi connectivity index (χ3v) is 5.30. The van der Waals surface area contributed by atoms with E-state index in [1.807, 2.05) is 6.92 Å². The molecule has 0 bridgehead atoms. The lowest BCUT2D eigenvalue weighted by atomic mass is 10.3. The summed E-state index contributed by atoms with van der Waals surface area (Å²) in [6, 6.07) is 3.09. The number of hydrogen-bond donors (Lipinski definition) is 1. The summed E-state index contributed by atoms with van der Waals surface area (Å²) < 4.78 is 26.7. The zero-order valence-corrected chi connectivity index (χ0v) is 12.4. The van der Waals surface area contributed by atoms with Gasteiger partial charge in [-0.15, -0.1) is 0 Å². The Bertz CT molecular complexity index is 582. The second-order valence-corrected chi connectivity index (χ2v) is 6.96. The van der Waals surface area contributed by atoms with Gasteiger partial charge in [-0.05, 0) is 30.9 Å². The maximum atomic E-state index is 12.6. The summed E-state index contributed by atoms with van der Waals surface area (Å²) in [5, 5.41) is 0. The van der Waals surface area contributed by atoms with Crippen LogP contribution in [0.25, 0.3) is 0 Å². The van der Waals surface area contributed by atoms with Crippen LogP contribution in [0.2, 0.25) is 0 Å². The van der Waals surface area contributed by atoms with Crippen molar-refractivity contribution in [3.8, 4) is 0 Å². The minimum atomic E-state index is -3.58. The number of nitrogens with zero attached hydrogens (tertiary/aromatic N) is 2. The Morgan fingerprint density at radius 1 is 1.58 bits per heavy atom. The van der Waals surface area contributed by atoms with Crippen molar-refractivity contribution < 1.29 is 8.42 Å². The number of thiocarbonyl (C=S) groups is 1. The Kier molecular flexibility index (Phi) is 4.17. The van der Waals surface area contributed by atoms with Crippen molar-refractivity contribution in [2.24, 2.45) is 11.7 Å². The fourth-order valence-corrected chi connectivity index (χ4v) is 3.82. The summed E-state index contributed by atoms with van der Waals surface area (Å²) in [5.74, 6) is 0.486. The summed E-state index contributed by atoms with van der Waals surface area (Å²) in [5.41, 5.74) is 5.73. The van der Waals surface area contributed by atoms with Crippen molar-refractivity contribution in [1.29, 1.82) is 0 Å². The monoisotopic (exact) mass is 299 g/mol. The summed E-state index contributed by atoms with van der Waals surface area (Å²) in [6.07, 6.45) is 3.69. The van der Waals surface area contributed by atoms with Crippen molar-refractivity contribution in [2.45, 2.75) is 24.7 Å². The molecule has 1 saturated carbocycles. The van der Waals surface area contributed by atoms with Crippen LogP contribution >= 0.6 is 12.2 Å². The van der Waals surface area contributed by atoms with E-state index in [0.717, 1.165) is 12.8 Å². The number of pyridine rings is 1. The molecule has 1 aromatic rings. The normalized spacial score (nSPS) is 15.7. The van der Waals surface area contributed by atoms with Gasteiger partial charge in [0.1, 0.15) is 15.6 Å². The predicted octanol–water partition coefficient (Wildman–Crippen LogP) is 1.14. The van der Waals surface area contributed by atoms with Crippen LogP contribution in [0.3, 0.4) is 0 Å². The molecule has 19 heavy (non-hydrogen) atoms. The molecule has 104 valence electrons. The van der Waals surface area contributed by atoms with Gasteiger partial charge < -0.3 is 5.73 Å². The molecule has 0 unspecified atom stereocenters. The van der Waals surface area contributed by atoms with Crippen LogP contribution in [0, 0.1) is 5.92 Å². The molecule has 2 rings (SSSR count). The molecule has 0 aromatic carbocycles. The topological polar surface area (TPSA) is 76.3 Å². The van der Waals surface area contributed by atoms with Gasteiger partial charge in [0.05, 0.1) is 0 Å². The molecule has 5 nitrogen and oxygen atoms in total. The quantitative estimate of drug-likeness (QED) is 0.797. The van der Waals surface area contributed by atoms with Crippen LogP contribution in [0.4, 0.5) is 0 Å². The van der Waals surface area contributed by atoms with E-state index in [9.17, 15) is 8.42 Å². The summed E-state index contributed by atoms with van der Waals surface area (Å²) in [6.45, 7) is 2.83. The van der Waals surface area contributed by atoms with Gasteiger partial charge in [0.15, 0.2) is 0 Å². The first kappa shape index (κ1) is 14.4. The highest BCUT2D eigenvalue weighted by Crippen LogP contribution is 2.31. The smallest absolute Gasteiger partial charge is 0.245 e. The summed E-state index contributed by atoms with van der Waals surface area (Å²) in [7, 11) is -3.58. The third-order valence-electron chi connectivity index (χ3n) is 3.13. The molecule has 1 aliphatic carbocycles. The molecular formula is C12H17N3O2S2. The lowest BCUT2D eigenvalue weighted by Crippen LogP contribution is -2.34. The second kappa shape index (κ2) is 5.52. The van der Waals surface area contributed by atoms with Crippen LogP contribution in [-0.4, -0.2) is 35.8 Å². The van der Waals surface area contributed by atoms with E-state index in [4.69, 9.17) is 18.0 Å². The summed E-state index contributed by atoms with van der Waals surface area (Å²) >= 11 is 4.87. The van der Waals surface area contributed by atoms with E-state index in [2.05, 4.69) is 4.98 Å². The lowest BCUT2D eigenvalue weighted by molar-refractivity contribution is 0.411. The van der Waals surface area contributed by atoms with Crippen LogP contribution < -0.4 is 5.73 Å². The van der Waals surface area contributed by atoms with Crippen LogP contribution in [0.15, 0.2) is 23.2 Å². The largest absolute Gasteiger partial charge is 0.388 e. The maximum absolute atomic E-state index is 12.6. The predicted molar refractivity (Wildman–Crippen MR) is 77.3 cm³/mol. The minimum absolute atomic E-state index is 0.00153. The molecule has 2 N–H and O–H groups in total. The molecule has 1 heterocycles. The minimum Gasteiger partial charge on any atom is -0.388 e. The zero-order valence-electron chi connectivity index (χ0n) is 10.7. The highest BCUT2D eigenvalue weighted by atomic mass is 32.2. The molecule has 0 atom stereocenters. The van der Waals surface area contributed by atoms with Crippen molar-refractivity contribution in [1.82, 2.24) is 9.29 Å². The first-order valence-electron chi connectivity index (χ1n) is 6.21. The van der Waals surface area contributed by atoms with E-state index in [-0.39, 0.29) is 15.6 Å². The van der Waals surface area contributed by atoms with Gasteiger partial charge in [0.25, 0.3) is 0 Å². The average Bonchev–Trinajstić information content (AvgIpc) is 3.19. The van der Waals surface area contributed by atoms with Gasteiger partial charge in [-0.2, -0.15) is 4.31 Å². The Morgan fingerprint density at radius 3 is 2.79 bits per heavy atom. The Labute approximate surface area is 118 Å². The molecule has 0 radical (unpaired) electrons. The van der Waals surface area contributed by atoms with E-state index >= 15 is 0 Å². The van der Waals surface area contributed by atoms with Gasteiger partial charge in [-0.25, -0.2) is 8.42 Å². The Hall–Kier alpha value is -1.05. The second-order valence-electron chi connectivity index (χ2n) is 4.61. The zero-order chi connectivity index (χ0) is 14.0. The summed E-state index contributed by atoms with van der Waals surface area (Å²) in [4.78, 5) is 4.09. The van der Waals surface area contributed by atoms with Crippen molar-refractivity contribution >= 4 is 27.2 Å². The standard InChI is InChI=1S/C12H17N3O2S2/c1-2-15(8-9-5-6-9)19(16,17)10-4-3-7-14-11(10)12(13)18/h3-4,7,9H,2,5-6,8H2,1H3,(H2,13,18). The molecule has 0 saturated heterocycles. The molecule has 1 fully saturated rings. The van der Waals surface area contributed by atoms with Gasteiger partial charge in [0, 0.05) is 19.3 Å². The Balaban J connectivity index is 2.39. The maximum Gasteiger partial charge on any atom is 0.245 e. The van der Waals surface area contributed by atoms with E-state index in [1.165, 1.54) is 16.6 Å². The van der Waals surface area contributed by atoms with Crippen molar-refractivity contribution in [3.05, 3.63) is 24.0 Å². The van der Waals surface area contributed by atoms with Crippen molar-refractivity contribution in [3.63, 3.8) is 0 Å². The highest BCUT2D eigenvalue weighted by molar-refractivity contribution is 7.89. The number of nitrogens with two attached hydrogens (primary N) is 1. The van der Waals surface area contributed by atoms with Crippen LogP contribution in [-0.2, 0) is 10.0 Å². The molecule has 0 aliphatic heterocycles. The fourth-order valence-electron chi connectivity index (χ4n) is 1.91. The SMILES string of the molecule is CCN(CC1CC1)S(=O)(=O)c1cccnc1C(N)=S. The first-order valence-corrected chi connectivity index (χ1v) is 8.06. The van der Waals surface area contributed by atoms with E-state index < -0.39 is 10.0 Å². The third kappa shape index (κ3) is 3.10. The number of hydrogen-bond acceptors (Lipinski definition) is 4. The highest BCUT2D eigenvalue weighted by Gasteiger charge is 2.32. The number of rotatable bonds is 6. The molecule has 1 aliphatic rings. The first-order chi connectivity index (χ1) is 8.96. The van der Waals surface area contributed by atoms with Gasteiger partial charge in [-0.3, -0.25) is 4.98 Å². The van der Waals surface area contributed by atoms with Crippen LogP contribution in [0.1, 0.15) is 25.5 Å². The van der Waals surface area contributed by atoms with Gasteiger partial charge >= 0.3 is 0 Å². The van der Waals surface area contributed by atoms with Crippen LogP contribution in [0.5, 0.6) is 0 Å². The van der Waals surface area contributed by atoms with E-state index in [0.29, 0.717) is 19.0 Å². The molecule has 7 heteroatoms. The van der Waals surface area contributed by atoms with Gasteiger partial charge in [0.2, 0.25) is 10.0 Å². The lowest BCUT2D eigenvalue weighted by Gasteiger charge is -2.21. The van der Waals surface area contributed by atoms with E-state index in [1.54, 1.807) is 6.07 Å². The fraction of sp³-hybridized carbons (Fsp3) is 0.500. The molecular weight excluding hydrogens is 282 g/mol. The molecule has 1 aromatic heterocycles. The average molecular weight is 299 g/mol. The number of aromatic nitrogens is 1. The molecule has 0 amide bonds. The Morgan fingerprint density at radius 2 is 2.26 bits per heavy atom. The number of sulfonamides is 1. The van der Waals surface area contributed by atoms with Crippen molar-refractivity contribution in [2.75, 3.05) is 13.1 Å². The van der Waals surface area contributed by atoms with Gasteiger partial charge in [-0.1, -0.05) is 19.1 Å².